The zero-order valence-electron chi connectivity index (χ0n) is 10.4. The lowest BCUT2D eigenvalue weighted by Gasteiger charge is -2.14. The Labute approximate surface area is 121 Å². The average molecular weight is 350 g/mol. The number of aryl methyl sites for hydroxylation is 1. The number of hydrogen-bond donors (Lipinski definition) is 1. The van der Waals surface area contributed by atoms with Gasteiger partial charge in [0.15, 0.2) is 0 Å². The first kappa shape index (κ1) is 15.0. The molecule has 0 aliphatic rings. The van der Waals surface area contributed by atoms with Gasteiger partial charge in [0, 0.05) is 24.1 Å². The number of benzene rings is 1. The van der Waals surface area contributed by atoms with Crippen LogP contribution in [0.3, 0.4) is 0 Å². The van der Waals surface area contributed by atoms with Gasteiger partial charge in [-0.25, -0.2) is 0 Å². The number of aliphatic hydroxyl groups excluding tert-OH is 1. The fourth-order valence-electron chi connectivity index (χ4n) is 1.77. The molecule has 1 aromatic heterocycles. The van der Waals surface area contributed by atoms with Gasteiger partial charge in [0.25, 0.3) is 0 Å². The van der Waals surface area contributed by atoms with Gasteiger partial charge in [-0.1, -0.05) is 27.2 Å². The van der Waals surface area contributed by atoms with Crippen molar-refractivity contribution in [1.82, 2.24) is 15.0 Å². The monoisotopic (exact) mass is 349 g/mol. The first-order chi connectivity index (χ1) is 9.27. The molecule has 2 aromatic rings. The summed E-state index contributed by atoms with van der Waals surface area (Å²) in [5, 5.41) is 17.5. The molecule has 0 bridgehead atoms. The number of halogens is 4. The molecule has 4 nitrogen and oxygen atoms in total. The van der Waals surface area contributed by atoms with Crippen LogP contribution in [0.25, 0.3) is 0 Å². The van der Waals surface area contributed by atoms with Crippen LogP contribution in [0, 0.1) is 0 Å². The second kappa shape index (κ2) is 5.53. The summed E-state index contributed by atoms with van der Waals surface area (Å²) in [7, 11) is 1.67. The Morgan fingerprint density at radius 3 is 2.65 bits per heavy atom. The lowest BCUT2D eigenvalue weighted by Crippen LogP contribution is -2.09. The average Bonchev–Trinajstić information content (AvgIpc) is 2.73. The molecule has 2 rings (SSSR count). The Kier molecular flexibility index (Phi) is 4.14. The van der Waals surface area contributed by atoms with E-state index in [0.29, 0.717) is 5.69 Å². The van der Waals surface area contributed by atoms with E-state index in [4.69, 9.17) is 0 Å². The zero-order valence-corrected chi connectivity index (χ0v) is 12.0. The van der Waals surface area contributed by atoms with E-state index in [-0.39, 0.29) is 16.5 Å². The van der Waals surface area contributed by atoms with Crippen LogP contribution in [0.2, 0.25) is 0 Å². The molecule has 108 valence electrons. The Hall–Kier alpha value is -1.41. The third-order valence-electron chi connectivity index (χ3n) is 2.73. The molecule has 0 spiro atoms. The molecular formula is C12H11BrF3N3O. The molecule has 0 aliphatic heterocycles. The minimum atomic E-state index is -4.47. The molecule has 8 heteroatoms. The third kappa shape index (κ3) is 3.37. The molecule has 1 unspecified atom stereocenters. The number of nitrogens with zero attached hydrogens (tertiary/aromatic N) is 3. The van der Waals surface area contributed by atoms with Gasteiger partial charge in [0.2, 0.25) is 0 Å². The summed E-state index contributed by atoms with van der Waals surface area (Å²) in [6.07, 6.45) is -3.83. The summed E-state index contributed by atoms with van der Waals surface area (Å²) in [5.41, 5.74) is -0.115. The second-order valence-electron chi connectivity index (χ2n) is 4.34. The van der Waals surface area contributed by atoms with Crippen molar-refractivity contribution in [1.29, 1.82) is 0 Å². The normalized spacial score (nSPS) is 13.5. The SMILES string of the molecule is Cn1cc(CC(O)c2ccc(Br)c(C(F)(F)F)c2)nn1. The molecular weight excluding hydrogens is 339 g/mol. The summed E-state index contributed by atoms with van der Waals surface area (Å²) < 4.78 is 39.8. The summed E-state index contributed by atoms with van der Waals surface area (Å²) in [4.78, 5) is 0. The van der Waals surface area contributed by atoms with Gasteiger partial charge in [0.1, 0.15) is 0 Å². The lowest BCUT2D eigenvalue weighted by molar-refractivity contribution is -0.138. The predicted molar refractivity (Wildman–Crippen MR) is 68.8 cm³/mol. The quantitative estimate of drug-likeness (QED) is 0.926. The molecule has 0 fully saturated rings. The lowest BCUT2D eigenvalue weighted by atomic mass is 10.0. The van der Waals surface area contributed by atoms with Gasteiger partial charge in [-0.05, 0) is 17.7 Å². The summed E-state index contributed by atoms with van der Waals surface area (Å²) in [6.45, 7) is 0. The molecule has 1 N–H and O–H groups in total. The van der Waals surface area contributed by atoms with Crippen LogP contribution in [-0.4, -0.2) is 20.1 Å². The van der Waals surface area contributed by atoms with Crippen molar-refractivity contribution in [3.05, 3.63) is 45.7 Å². The van der Waals surface area contributed by atoms with Gasteiger partial charge in [-0.2, -0.15) is 13.2 Å². The Bertz CT molecular complexity index is 612. The second-order valence-corrected chi connectivity index (χ2v) is 5.19. The predicted octanol–water partition coefficient (Wildman–Crippen LogP) is 2.87. The number of hydrogen-bond acceptors (Lipinski definition) is 3. The molecule has 20 heavy (non-hydrogen) atoms. The number of rotatable bonds is 3. The molecule has 1 heterocycles. The first-order valence-corrected chi connectivity index (χ1v) is 6.46. The minimum Gasteiger partial charge on any atom is -0.388 e. The van der Waals surface area contributed by atoms with Crippen LogP contribution >= 0.6 is 15.9 Å². The molecule has 1 atom stereocenters. The highest BCUT2D eigenvalue weighted by atomic mass is 79.9. The van der Waals surface area contributed by atoms with E-state index in [2.05, 4.69) is 26.2 Å². The maximum Gasteiger partial charge on any atom is 0.417 e. The molecule has 1 aromatic carbocycles. The van der Waals surface area contributed by atoms with E-state index >= 15 is 0 Å². The van der Waals surface area contributed by atoms with Crippen LogP contribution in [0.1, 0.15) is 22.9 Å². The van der Waals surface area contributed by atoms with Crippen LogP contribution in [-0.2, 0) is 19.6 Å². The Balaban J connectivity index is 2.24. The summed E-state index contributed by atoms with van der Waals surface area (Å²) in [5.74, 6) is 0. The maximum absolute atomic E-state index is 12.8. The van der Waals surface area contributed by atoms with Gasteiger partial charge < -0.3 is 5.11 Å². The standard InChI is InChI=1S/C12H11BrF3N3O/c1-19-6-8(17-18-19)5-11(20)7-2-3-10(13)9(4-7)12(14,15)16/h2-4,6,11,20H,5H2,1H3. The summed E-state index contributed by atoms with van der Waals surface area (Å²) in [6, 6.07) is 3.66. The zero-order chi connectivity index (χ0) is 14.9. The van der Waals surface area contributed by atoms with Crippen LogP contribution in [0.15, 0.2) is 28.9 Å². The molecule has 0 saturated carbocycles. The molecule has 0 radical (unpaired) electrons. The number of alkyl halides is 3. The van der Waals surface area contributed by atoms with Crippen LogP contribution in [0.5, 0.6) is 0 Å². The molecule has 0 amide bonds. The minimum absolute atomic E-state index is 0.0551. The van der Waals surface area contributed by atoms with E-state index in [9.17, 15) is 18.3 Å². The van der Waals surface area contributed by atoms with Gasteiger partial charge in [-0.15, -0.1) is 5.10 Å². The van der Waals surface area contributed by atoms with E-state index in [0.717, 1.165) is 6.07 Å². The number of aromatic nitrogens is 3. The molecule has 0 saturated heterocycles. The fraction of sp³-hybridized carbons (Fsp3) is 0.333. The Morgan fingerprint density at radius 1 is 1.40 bits per heavy atom. The highest BCUT2D eigenvalue weighted by Crippen LogP contribution is 2.36. The van der Waals surface area contributed by atoms with Gasteiger partial charge in [0.05, 0.1) is 17.4 Å². The van der Waals surface area contributed by atoms with Gasteiger partial charge in [-0.3, -0.25) is 4.68 Å². The van der Waals surface area contributed by atoms with E-state index in [1.807, 2.05) is 0 Å². The van der Waals surface area contributed by atoms with Crippen molar-refractivity contribution in [2.24, 2.45) is 7.05 Å². The van der Waals surface area contributed by atoms with Gasteiger partial charge >= 0.3 is 6.18 Å². The van der Waals surface area contributed by atoms with Crippen molar-refractivity contribution < 1.29 is 18.3 Å². The van der Waals surface area contributed by atoms with Crippen molar-refractivity contribution >= 4 is 15.9 Å². The smallest absolute Gasteiger partial charge is 0.388 e. The van der Waals surface area contributed by atoms with Crippen molar-refractivity contribution in [2.75, 3.05) is 0 Å². The van der Waals surface area contributed by atoms with Crippen LogP contribution in [0.4, 0.5) is 13.2 Å². The number of aliphatic hydroxyl groups is 1. The third-order valence-corrected chi connectivity index (χ3v) is 3.42. The van der Waals surface area contributed by atoms with E-state index in [1.54, 1.807) is 13.2 Å². The van der Waals surface area contributed by atoms with Crippen molar-refractivity contribution in [2.45, 2.75) is 18.7 Å². The first-order valence-electron chi connectivity index (χ1n) is 5.67. The highest BCUT2D eigenvalue weighted by molar-refractivity contribution is 9.10. The fourth-order valence-corrected chi connectivity index (χ4v) is 2.24. The van der Waals surface area contributed by atoms with Crippen molar-refractivity contribution in [3.8, 4) is 0 Å². The topological polar surface area (TPSA) is 50.9 Å². The highest BCUT2D eigenvalue weighted by Gasteiger charge is 2.33. The van der Waals surface area contributed by atoms with Crippen molar-refractivity contribution in [3.63, 3.8) is 0 Å². The largest absolute Gasteiger partial charge is 0.417 e. The summed E-state index contributed by atoms with van der Waals surface area (Å²) >= 11 is 2.86. The van der Waals surface area contributed by atoms with E-state index < -0.39 is 17.8 Å². The van der Waals surface area contributed by atoms with Crippen LogP contribution < -0.4 is 0 Å². The Morgan fingerprint density at radius 2 is 2.10 bits per heavy atom. The van der Waals surface area contributed by atoms with E-state index in [1.165, 1.54) is 16.8 Å². The molecule has 0 aliphatic carbocycles. The maximum atomic E-state index is 12.8.